The fourth-order valence-corrected chi connectivity index (χ4v) is 4.52. The monoisotopic (exact) mass is 293 g/mol. The maximum Gasteiger partial charge on any atom is 0.0338 e. The second kappa shape index (κ2) is 6.55. The summed E-state index contributed by atoms with van der Waals surface area (Å²) in [4.78, 5) is 8.16. The molecule has 2 heterocycles. The van der Waals surface area contributed by atoms with Gasteiger partial charge in [0.15, 0.2) is 0 Å². The molecular formula is C18H35N3. The van der Waals surface area contributed by atoms with Gasteiger partial charge in [0, 0.05) is 31.2 Å². The van der Waals surface area contributed by atoms with E-state index in [1.54, 1.807) is 0 Å². The minimum absolute atomic E-state index is 0.605. The Morgan fingerprint density at radius 1 is 1.05 bits per heavy atom. The zero-order valence-electron chi connectivity index (χ0n) is 14.5. The summed E-state index contributed by atoms with van der Waals surface area (Å²) in [7, 11) is 0. The number of rotatable bonds is 5. The molecule has 2 aliphatic heterocycles. The Hall–Kier alpha value is -0.120. The first-order valence-corrected chi connectivity index (χ1v) is 9.34. The average molecular weight is 293 g/mol. The van der Waals surface area contributed by atoms with Crippen molar-refractivity contribution in [2.75, 3.05) is 45.8 Å². The van der Waals surface area contributed by atoms with Crippen molar-refractivity contribution in [2.24, 2.45) is 5.92 Å². The van der Waals surface area contributed by atoms with Crippen molar-refractivity contribution in [2.45, 2.75) is 64.5 Å². The van der Waals surface area contributed by atoms with Crippen molar-refractivity contribution in [1.29, 1.82) is 0 Å². The SMILES string of the molecule is CCN1CCN(CCC2CCN(C(C)C)CC2)CC12CC2. The van der Waals surface area contributed by atoms with E-state index in [0.29, 0.717) is 5.54 Å². The molecule has 1 spiro atoms. The van der Waals surface area contributed by atoms with E-state index in [2.05, 4.69) is 35.5 Å². The summed E-state index contributed by atoms with van der Waals surface area (Å²) in [5.74, 6) is 0.986. The molecule has 1 aliphatic carbocycles. The van der Waals surface area contributed by atoms with Crippen molar-refractivity contribution in [3.8, 4) is 0 Å². The average Bonchev–Trinajstić information content (AvgIpc) is 3.25. The summed E-state index contributed by atoms with van der Waals surface area (Å²) in [5, 5.41) is 0. The Morgan fingerprint density at radius 3 is 2.33 bits per heavy atom. The highest BCUT2D eigenvalue weighted by Crippen LogP contribution is 2.44. The molecule has 0 aromatic heterocycles. The van der Waals surface area contributed by atoms with Crippen LogP contribution in [0.2, 0.25) is 0 Å². The molecule has 3 rings (SSSR count). The lowest BCUT2D eigenvalue weighted by molar-refractivity contribution is 0.0562. The first kappa shape index (κ1) is 15.8. The van der Waals surface area contributed by atoms with Crippen LogP contribution in [0.1, 0.15) is 52.9 Å². The van der Waals surface area contributed by atoms with Crippen LogP contribution in [0.25, 0.3) is 0 Å². The van der Waals surface area contributed by atoms with Gasteiger partial charge in [-0.3, -0.25) is 4.90 Å². The second-order valence-corrected chi connectivity index (χ2v) is 7.94. The summed E-state index contributed by atoms with van der Waals surface area (Å²) in [6.07, 6.45) is 7.19. The van der Waals surface area contributed by atoms with Crippen LogP contribution in [0.4, 0.5) is 0 Å². The van der Waals surface area contributed by atoms with Crippen LogP contribution in [0.15, 0.2) is 0 Å². The zero-order valence-corrected chi connectivity index (χ0v) is 14.5. The van der Waals surface area contributed by atoms with Gasteiger partial charge in [0.25, 0.3) is 0 Å². The summed E-state index contributed by atoms with van der Waals surface area (Å²) in [6, 6.07) is 0.739. The zero-order chi connectivity index (χ0) is 14.9. The third-order valence-corrected chi connectivity index (χ3v) is 6.32. The quantitative estimate of drug-likeness (QED) is 0.771. The van der Waals surface area contributed by atoms with E-state index < -0.39 is 0 Å². The molecule has 1 saturated carbocycles. The molecule has 0 bridgehead atoms. The fraction of sp³-hybridized carbons (Fsp3) is 1.00. The third kappa shape index (κ3) is 3.62. The van der Waals surface area contributed by atoms with E-state index in [1.807, 2.05) is 0 Å². The number of nitrogens with zero attached hydrogens (tertiary/aromatic N) is 3. The van der Waals surface area contributed by atoms with Gasteiger partial charge < -0.3 is 9.80 Å². The highest BCUT2D eigenvalue weighted by atomic mass is 15.3. The molecule has 0 aromatic carbocycles. The summed E-state index contributed by atoms with van der Waals surface area (Å²) < 4.78 is 0. The Labute approximate surface area is 131 Å². The lowest BCUT2D eigenvalue weighted by Crippen LogP contribution is -2.55. The lowest BCUT2D eigenvalue weighted by Gasteiger charge is -2.42. The number of likely N-dealkylation sites (N-methyl/N-ethyl adjacent to an activating group) is 1. The van der Waals surface area contributed by atoms with Gasteiger partial charge in [-0.25, -0.2) is 0 Å². The second-order valence-electron chi connectivity index (χ2n) is 7.94. The number of piperazine rings is 1. The molecule has 122 valence electrons. The Kier molecular flexibility index (Phi) is 4.92. The molecule has 0 N–H and O–H groups in total. The predicted molar refractivity (Wildman–Crippen MR) is 89.7 cm³/mol. The summed E-state index contributed by atoms with van der Waals surface area (Å²) in [6.45, 7) is 16.2. The summed E-state index contributed by atoms with van der Waals surface area (Å²) >= 11 is 0. The van der Waals surface area contributed by atoms with Gasteiger partial charge in [0.05, 0.1) is 0 Å². The Morgan fingerprint density at radius 2 is 1.76 bits per heavy atom. The van der Waals surface area contributed by atoms with Gasteiger partial charge >= 0.3 is 0 Å². The van der Waals surface area contributed by atoms with Crippen LogP contribution in [0, 0.1) is 5.92 Å². The van der Waals surface area contributed by atoms with E-state index in [-0.39, 0.29) is 0 Å². The smallest absolute Gasteiger partial charge is 0.0338 e. The molecule has 3 heteroatoms. The van der Waals surface area contributed by atoms with Gasteiger partial charge in [-0.15, -0.1) is 0 Å². The predicted octanol–water partition coefficient (Wildman–Crippen LogP) is 2.67. The van der Waals surface area contributed by atoms with E-state index in [4.69, 9.17) is 0 Å². The minimum Gasteiger partial charge on any atom is -0.301 e. The topological polar surface area (TPSA) is 9.72 Å². The third-order valence-electron chi connectivity index (χ3n) is 6.32. The van der Waals surface area contributed by atoms with Gasteiger partial charge in [0.1, 0.15) is 0 Å². The normalized spacial score (nSPS) is 28.6. The van der Waals surface area contributed by atoms with Gasteiger partial charge in [-0.2, -0.15) is 0 Å². The molecule has 3 nitrogen and oxygen atoms in total. The first-order valence-electron chi connectivity index (χ1n) is 9.34. The molecule has 0 unspecified atom stereocenters. The van der Waals surface area contributed by atoms with Gasteiger partial charge in [0.2, 0.25) is 0 Å². The minimum atomic E-state index is 0.605. The molecule has 3 fully saturated rings. The van der Waals surface area contributed by atoms with Crippen LogP contribution in [0.5, 0.6) is 0 Å². The molecule has 0 radical (unpaired) electrons. The van der Waals surface area contributed by atoms with Crippen molar-refractivity contribution in [1.82, 2.24) is 14.7 Å². The van der Waals surface area contributed by atoms with Crippen LogP contribution in [0.3, 0.4) is 0 Å². The van der Waals surface area contributed by atoms with Crippen molar-refractivity contribution < 1.29 is 0 Å². The van der Waals surface area contributed by atoms with Crippen LogP contribution < -0.4 is 0 Å². The number of piperidine rings is 1. The van der Waals surface area contributed by atoms with E-state index in [0.717, 1.165) is 12.0 Å². The molecule has 0 amide bonds. The highest BCUT2D eigenvalue weighted by Gasteiger charge is 2.50. The molecule has 0 atom stereocenters. The number of hydrogen-bond donors (Lipinski definition) is 0. The van der Waals surface area contributed by atoms with E-state index >= 15 is 0 Å². The van der Waals surface area contributed by atoms with Crippen molar-refractivity contribution >= 4 is 0 Å². The molecule has 21 heavy (non-hydrogen) atoms. The Balaban J connectivity index is 1.39. The molecule has 0 aromatic rings. The van der Waals surface area contributed by atoms with Crippen molar-refractivity contribution in [3.05, 3.63) is 0 Å². The molecular weight excluding hydrogens is 258 g/mol. The largest absolute Gasteiger partial charge is 0.301 e. The van der Waals surface area contributed by atoms with Gasteiger partial charge in [-0.1, -0.05) is 6.92 Å². The molecule has 3 aliphatic rings. The van der Waals surface area contributed by atoms with Gasteiger partial charge in [-0.05, 0) is 78.0 Å². The Bertz CT molecular complexity index is 329. The summed E-state index contributed by atoms with van der Waals surface area (Å²) in [5.41, 5.74) is 0.605. The fourth-order valence-electron chi connectivity index (χ4n) is 4.52. The van der Waals surface area contributed by atoms with E-state index in [1.165, 1.54) is 77.9 Å². The van der Waals surface area contributed by atoms with Crippen molar-refractivity contribution in [3.63, 3.8) is 0 Å². The standard InChI is InChI=1S/C18H35N3/c1-4-21-14-13-19(15-18(21)8-9-18)10-5-17-6-11-20(12-7-17)16(2)3/h16-17H,4-15H2,1-3H3. The van der Waals surface area contributed by atoms with Crippen LogP contribution in [-0.2, 0) is 0 Å². The van der Waals surface area contributed by atoms with Crippen LogP contribution >= 0.6 is 0 Å². The maximum atomic E-state index is 2.77. The molecule has 2 saturated heterocycles. The maximum absolute atomic E-state index is 2.77. The highest BCUT2D eigenvalue weighted by molar-refractivity contribution is 5.08. The lowest BCUT2D eigenvalue weighted by atomic mass is 9.92. The van der Waals surface area contributed by atoms with E-state index in [9.17, 15) is 0 Å². The first-order chi connectivity index (χ1) is 10.1. The number of likely N-dealkylation sites (tertiary alicyclic amines) is 1. The van der Waals surface area contributed by atoms with Crippen LogP contribution in [-0.4, -0.2) is 72.1 Å². The number of hydrogen-bond acceptors (Lipinski definition) is 3.